The Morgan fingerprint density at radius 3 is 2.54 bits per heavy atom. The van der Waals surface area contributed by atoms with Crippen molar-refractivity contribution < 1.29 is 22.8 Å². The van der Waals surface area contributed by atoms with Crippen LogP contribution in [0.5, 0.6) is 0 Å². The summed E-state index contributed by atoms with van der Waals surface area (Å²) in [6.45, 7) is 1.52. The molecule has 6 nitrogen and oxygen atoms in total. The lowest BCUT2D eigenvalue weighted by Crippen LogP contribution is -2.43. The highest BCUT2D eigenvalue weighted by molar-refractivity contribution is 5.78. The second kappa shape index (κ2) is 7.14. The summed E-state index contributed by atoms with van der Waals surface area (Å²) in [5.74, 6) is -3.30. The third-order valence-electron chi connectivity index (χ3n) is 5.19. The van der Waals surface area contributed by atoms with Gasteiger partial charge in [0.2, 0.25) is 5.91 Å². The lowest BCUT2D eigenvalue weighted by atomic mass is 10.0. The van der Waals surface area contributed by atoms with E-state index in [1.807, 2.05) is 0 Å². The zero-order chi connectivity index (χ0) is 19.0. The number of carbonyl (C=O) groups is 2. The van der Waals surface area contributed by atoms with Crippen LogP contribution in [-0.4, -0.2) is 53.5 Å². The number of benzene rings is 1. The van der Waals surface area contributed by atoms with Crippen molar-refractivity contribution in [1.82, 2.24) is 9.80 Å². The molecule has 26 heavy (non-hydrogen) atoms. The molecule has 1 aromatic rings. The molecule has 1 aromatic carbocycles. The molecule has 3 rings (SSSR count). The van der Waals surface area contributed by atoms with Gasteiger partial charge in [0, 0.05) is 44.1 Å². The average molecular weight is 370 g/mol. The number of fused-ring (bicyclic) bond motifs is 1. The number of nitrogens with zero attached hydrogens (tertiary/aromatic N) is 2. The molecule has 3 amide bonds. The number of amides is 3. The fourth-order valence-corrected chi connectivity index (χ4v) is 3.87. The first-order chi connectivity index (χ1) is 12.3. The molecule has 0 aliphatic carbocycles. The Morgan fingerprint density at radius 2 is 1.85 bits per heavy atom. The van der Waals surface area contributed by atoms with Crippen molar-refractivity contribution in [2.45, 2.75) is 31.3 Å². The minimum atomic E-state index is -1.26. The van der Waals surface area contributed by atoms with E-state index in [2.05, 4.69) is 0 Å². The molecule has 0 bridgehead atoms. The second-order valence-electron chi connectivity index (χ2n) is 6.97. The summed E-state index contributed by atoms with van der Waals surface area (Å²) in [4.78, 5) is 27.1. The van der Waals surface area contributed by atoms with Gasteiger partial charge >= 0.3 is 6.03 Å². The molecular formula is C17H21F3N4O2. The number of hydrogen-bond acceptors (Lipinski definition) is 3. The predicted molar refractivity (Wildman–Crippen MR) is 87.4 cm³/mol. The molecule has 0 unspecified atom stereocenters. The molecule has 2 heterocycles. The summed E-state index contributed by atoms with van der Waals surface area (Å²) in [5, 5.41) is 0. The zero-order valence-electron chi connectivity index (χ0n) is 14.1. The molecular weight excluding hydrogens is 349 g/mol. The van der Waals surface area contributed by atoms with Crippen molar-refractivity contribution in [2.24, 2.45) is 17.4 Å². The van der Waals surface area contributed by atoms with Crippen LogP contribution >= 0.6 is 0 Å². The van der Waals surface area contributed by atoms with Gasteiger partial charge in [-0.1, -0.05) is 0 Å². The van der Waals surface area contributed by atoms with Crippen molar-refractivity contribution in [3.05, 3.63) is 35.1 Å². The van der Waals surface area contributed by atoms with Gasteiger partial charge in [0.25, 0.3) is 0 Å². The van der Waals surface area contributed by atoms with Gasteiger partial charge in [0.15, 0.2) is 11.6 Å². The summed E-state index contributed by atoms with van der Waals surface area (Å²) >= 11 is 0. The molecule has 3 atom stereocenters. The van der Waals surface area contributed by atoms with E-state index in [1.165, 1.54) is 4.90 Å². The fourth-order valence-electron chi connectivity index (χ4n) is 3.87. The predicted octanol–water partition coefficient (Wildman–Crippen LogP) is 0.975. The van der Waals surface area contributed by atoms with Crippen LogP contribution in [0.1, 0.15) is 18.4 Å². The highest BCUT2D eigenvalue weighted by atomic mass is 19.2. The molecule has 0 aromatic heterocycles. The number of hydrogen-bond donors (Lipinski definition) is 2. The normalized spacial score (nSPS) is 23.2. The van der Waals surface area contributed by atoms with Gasteiger partial charge in [0.05, 0.1) is 6.04 Å². The molecule has 0 radical (unpaired) electrons. The maximum Gasteiger partial charge on any atom is 0.314 e. The third kappa shape index (κ3) is 3.62. The molecule has 2 saturated heterocycles. The van der Waals surface area contributed by atoms with Gasteiger partial charge in [-0.2, -0.15) is 0 Å². The lowest BCUT2D eigenvalue weighted by molar-refractivity contribution is -0.132. The fraction of sp³-hybridized carbons (Fsp3) is 0.529. The van der Waals surface area contributed by atoms with Gasteiger partial charge in [-0.15, -0.1) is 0 Å². The number of primary amides is 1. The number of urea groups is 1. The van der Waals surface area contributed by atoms with E-state index in [9.17, 15) is 22.8 Å². The van der Waals surface area contributed by atoms with Crippen LogP contribution in [0.4, 0.5) is 18.0 Å². The van der Waals surface area contributed by atoms with Crippen LogP contribution in [0.2, 0.25) is 0 Å². The van der Waals surface area contributed by atoms with E-state index in [4.69, 9.17) is 11.5 Å². The van der Waals surface area contributed by atoms with Crippen LogP contribution < -0.4 is 11.5 Å². The van der Waals surface area contributed by atoms with Gasteiger partial charge in [0.1, 0.15) is 5.82 Å². The summed E-state index contributed by atoms with van der Waals surface area (Å²) in [7, 11) is 0. The molecule has 2 fully saturated rings. The highest BCUT2D eigenvalue weighted by Gasteiger charge is 2.44. The minimum Gasteiger partial charge on any atom is -0.351 e. The van der Waals surface area contributed by atoms with Crippen molar-refractivity contribution >= 4 is 11.9 Å². The highest BCUT2D eigenvalue weighted by Crippen LogP contribution is 2.32. The van der Waals surface area contributed by atoms with Crippen molar-refractivity contribution in [2.75, 3.05) is 19.6 Å². The minimum absolute atomic E-state index is 0.0434. The van der Waals surface area contributed by atoms with Gasteiger partial charge < -0.3 is 21.3 Å². The molecule has 0 saturated carbocycles. The molecule has 0 spiro atoms. The van der Waals surface area contributed by atoms with Crippen molar-refractivity contribution in [3.8, 4) is 0 Å². The van der Waals surface area contributed by atoms with Crippen LogP contribution in [0.25, 0.3) is 0 Å². The van der Waals surface area contributed by atoms with Crippen molar-refractivity contribution in [3.63, 3.8) is 0 Å². The van der Waals surface area contributed by atoms with Gasteiger partial charge in [-0.05, 0) is 24.5 Å². The van der Waals surface area contributed by atoms with E-state index in [1.54, 1.807) is 4.90 Å². The van der Waals surface area contributed by atoms with Crippen molar-refractivity contribution in [1.29, 1.82) is 0 Å². The summed E-state index contributed by atoms with van der Waals surface area (Å²) in [6.07, 6.45) is 0.662. The standard InChI is InChI=1S/C17H21F3N4O2/c18-12-6-14(20)13(19)4-10(12)3-11(21)5-16(25)24-2-1-9-7-23(17(22)26)8-15(9)24/h4,6,9,11,15H,1-3,5,7-8,21H2,(H2,22,26)/t9-,11+,15+/m0/s1. The molecule has 4 N–H and O–H groups in total. The van der Waals surface area contributed by atoms with E-state index < -0.39 is 29.5 Å². The number of rotatable bonds is 4. The molecule has 2 aliphatic rings. The van der Waals surface area contributed by atoms with E-state index >= 15 is 0 Å². The van der Waals surface area contributed by atoms with Crippen LogP contribution in [0.15, 0.2) is 12.1 Å². The smallest absolute Gasteiger partial charge is 0.314 e. The van der Waals surface area contributed by atoms with E-state index in [0.717, 1.165) is 12.5 Å². The summed E-state index contributed by atoms with van der Waals surface area (Å²) in [6, 6.07) is -0.0711. The quantitative estimate of drug-likeness (QED) is 0.774. The van der Waals surface area contributed by atoms with E-state index in [0.29, 0.717) is 25.7 Å². The molecule has 9 heteroatoms. The Labute approximate surface area is 148 Å². The van der Waals surface area contributed by atoms with Crippen LogP contribution in [0, 0.1) is 23.4 Å². The first kappa shape index (κ1) is 18.5. The third-order valence-corrected chi connectivity index (χ3v) is 5.19. The molecule has 2 aliphatic heterocycles. The maximum absolute atomic E-state index is 13.7. The first-order valence-corrected chi connectivity index (χ1v) is 8.49. The summed E-state index contributed by atoms with van der Waals surface area (Å²) < 4.78 is 40.0. The number of carbonyl (C=O) groups excluding carboxylic acids is 2. The van der Waals surface area contributed by atoms with Crippen LogP contribution in [-0.2, 0) is 11.2 Å². The maximum atomic E-state index is 13.7. The Hall–Kier alpha value is -2.29. The number of nitrogens with two attached hydrogens (primary N) is 2. The second-order valence-corrected chi connectivity index (χ2v) is 6.97. The molecule has 142 valence electrons. The Bertz CT molecular complexity index is 730. The average Bonchev–Trinajstić information content (AvgIpc) is 3.12. The Balaban J connectivity index is 1.60. The summed E-state index contributed by atoms with van der Waals surface area (Å²) in [5.41, 5.74) is 11.2. The first-order valence-electron chi connectivity index (χ1n) is 8.49. The Kier molecular flexibility index (Phi) is 5.08. The monoisotopic (exact) mass is 370 g/mol. The Morgan fingerprint density at radius 1 is 1.15 bits per heavy atom. The number of halogens is 3. The van der Waals surface area contributed by atoms with Crippen LogP contribution in [0.3, 0.4) is 0 Å². The van der Waals surface area contributed by atoms with Gasteiger partial charge in [-0.25, -0.2) is 18.0 Å². The van der Waals surface area contributed by atoms with E-state index in [-0.39, 0.29) is 36.3 Å². The number of likely N-dealkylation sites (tertiary alicyclic amines) is 2. The topological polar surface area (TPSA) is 92.7 Å². The SMILES string of the molecule is NC(=O)N1C[C@@H]2CCN(C(=O)C[C@H](N)Cc3cc(F)c(F)cc3F)[C@@H]2C1. The zero-order valence-corrected chi connectivity index (χ0v) is 14.1. The lowest BCUT2D eigenvalue weighted by Gasteiger charge is -2.26. The largest absolute Gasteiger partial charge is 0.351 e. The van der Waals surface area contributed by atoms with Gasteiger partial charge in [-0.3, -0.25) is 4.79 Å².